The Hall–Kier alpha value is -1.81. The van der Waals surface area contributed by atoms with Crippen molar-refractivity contribution in [2.45, 2.75) is 45.7 Å². The second kappa shape index (κ2) is 7.27. The molecule has 0 saturated carbocycles. The van der Waals surface area contributed by atoms with Gasteiger partial charge in [-0.15, -0.1) is 0 Å². The van der Waals surface area contributed by atoms with Crippen LogP contribution in [0.4, 0.5) is 0 Å². The van der Waals surface area contributed by atoms with Gasteiger partial charge in [0, 0.05) is 23.1 Å². The molecular weight excluding hydrogens is 262 g/mol. The molecule has 0 radical (unpaired) electrons. The van der Waals surface area contributed by atoms with E-state index in [0.717, 1.165) is 24.8 Å². The van der Waals surface area contributed by atoms with E-state index in [1.54, 1.807) is 0 Å². The Labute approximate surface area is 126 Å². The second-order valence-corrected chi connectivity index (χ2v) is 5.60. The first kappa shape index (κ1) is 15.6. The molecule has 0 aliphatic carbocycles. The van der Waals surface area contributed by atoms with E-state index in [1.807, 2.05) is 16.7 Å². The molecule has 3 N–H and O–H groups in total. The normalized spacial score (nSPS) is 12.5. The number of hydrogen-bond acceptors (Lipinski definition) is 2. The van der Waals surface area contributed by atoms with Gasteiger partial charge in [0.2, 0.25) is 5.91 Å². The molecule has 1 amide bonds. The first-order valence-corrected chi connectivity index (χ1v) is 7.71. The minimum absolute atomic E-state index is 0.0657. The van der Waals surface area contributed by atoms with Crippen molar-refractivity contribution in [1.82, 2.24) is 9.88 Å². The summed E-state index contributed by atoms with van der Waals surface area (Å²) in [6.07, 6.45) is 4.98. The van der Waals surface area contributed by atoms with Crippen LogP contribution in [0.25, 0.3) is 10.9 Å². The van der Waals surface area contributed by atoms with E-state index in [0.29, 0.717) is 13.1 Å². The monoisotopic (exact) mass is 287 g/mol. The molecule has 1 aromatic carbocycles. The highest BCUT2D eigenvalue weighted by Gasteiger charge is 2.11. The molecule has 0 aliphatic heterocycles. The topological polar surface area (TPSA) is 60.0 Å². The second-order valence-electron chi connectivity index (χ2n) is 5.60. The van der Waals surface area contributed by atoms with Gasteiger partial charge in [0.15, 0.2) is 0 Å². The number of carbonyl (C=O) groups is 1. The van der Waals surface area contributed by atoms with Crippen LogP contribution in [0.2, 0.25) is 0 Å². The van der Waals surface area contributed by atoms with Gasteiger partial charge in [0.1, 0.15) is 6.54 Å². The van der Waals surface area contributed by atoms with Crippen LogP contribution in [-0.4, -0.2) is 23.1 Å². The number of para-hydroxylation sites is 1. The van der Waals surface area contributed by atoms with Gasteiger partial charge in [-0.1, -0.05) is 31.5 Å². The zero-order valence-corrected chi connectivity index (χ0v) is 12.9. The predicted octanol–water partition coefficient (Wildman–Crippen LogP) is 2.45. The Morgan fingerprint density at radius 2 is 2.14 bits per heavy atom. The van der Waals surface area contributed by atoms with Gasteiger partial charge in [-0.2, -0.15) is 0 Å². The highest BCUT2D eigenvalue weighted by molar-refractivity contribution is 5.86. The summed E-state index contributed by atoms with van der Waals surface area (Å²) < 4.78 is 2.02. The highest BCUT2D eigenvalue weighted by Crippen LogP contribution is 2.21. The number of amides is 1. The molecule has 1 aromatic heterocycles. The predicted molar refractivity (Wildman–Crippen MR) is 87.2 cm³/mol. The van der Waals surface area contributed by atoms with Crippen molar-refractivity contribution in [2.75, 3.05) is 6.54 Å². The maximum atomic E-state index is 12.2. The Morgan fingerprint density at radius 3 is 2.86 bits per heavy atom. The lowest BCUT2D eigenvalue weighted by atomic mass is 10.1. The minimum Gasteiger partial charge on any atom is -0.352 e. The van der Waals surface area contributed by atoms with Crippen LogP contribution in [0.5, 0.6) is 0 Å². The fraction of sp³-hybridized carbons (Fsp3) is 0.471. The fourth-order valence-electron chi connectivity index (χ4n) is 2.79. The maximum absolute atomic E-state index is 12.2. The molecule has 21 heavy (non-hydrogen) atoms. The third-order valence-corrected chi connectivity index (χ3v) is 3.73. The minimum atomic E-state index is 0.0657. The van der Waals surface area contributed by atoms with Crippen LogP contribution in [0.3, 0.4) is 0 Å². The molecule has 2 aromatic rings. The summed E-state index contributed by atoms with van der Waals surface area (Å²) in [7, 11) is 0. The third-order valence-electron chi connectivity index (χ3n) is 3.73. The molecule has 2 rings (SSSR count). The molecule has 0 spiro atoms. The average molecular weight is 287 g/mol. The van der Waals surface area contributed by atoms with Crippen LogP contribution in [0, 0.1) is 0 Å². The number of aromatic nitrogens is 1. The van der Waals surface area contributed by atoms with E-state index in [4.69, 9.17) is 5.73 Å². The van der Waals surface area contributed by atoms with Gasteiger partial charge >= 0.3 is 0 Å². The van der Waals surface area contributed by atoms with Gasteiger partial charge in [-0.05, 0) is 37.9 Å². The lowest BCUT2D eigenvalue weighted by molar-refractivity contribution is -0.122. The van der Waals surface area contributed by atoms with Gasteiger partial charge in [0.05, 0.1) is 0 Å². The average Bonchev–Trinajstić information content (AvgIpc) is 2.78. The van der Waals surface area contributed by atoms with Gasteiger partial charge in [-0.3, -0.25) is 4.79 Å². The molecule has 0 aliphatic rings. The molecule has 114 valence electrons. The van der Waals surface area contributed by atoms with Gasteiger partial charge in [-0.25, -0.2) is 0 Å². The molecule has 0 bridgehead atoms. The molecule has 1 atom stereocenters. The van der Waals surface area contributed by atoms with Crippen molar-refractivity contribution in [3.63, 3.8) is 0 Å². The molecule has 4 nitrogen and oxygen atoms in total. The summed E-state index contributed by atoms with van der Waals surface area (Å²) in [6.45, 7) is 5.16. The Kier molecular flexibility index (Phi) is 5.39. The standard InChI is InChI=1S/C17H25N3O/c1-3-6-13(2)19-17(21)12-20-11-14(9-10-18)15-7-4-5-8-16(15)20/h4-5,7-8,11,13H,3,6,9-10,12,18H2,1-2H3,(H,19,21). The first-order chi connectivity index (χ1) is 10.2. The summed E-state index contributed by atoms with van der Waals surface area (Å²) in [5.74, 6) is 0.0657. The van der Waals surface area contributed by atoms with E-state index in [1.165, 1.54) is 10.9 Å². The van der Waals surface area contributed by atoms with Crippen molar-refractivity contribution in [3.8, 4) is 0 Å². The molecule has 0 fully saturated rings. The number of benzene rings is 1. The fourth-order valence-corrected chi connectivity index (χ4v) is 2.79. The number of fused-ring (bicyclic) bond motifs is 1. The number of hydrogen-bond donors (Lipinski definition) is 2. The number of carbonyl (C=O) groups excluding carboxylic acids is 1. The van der Waals surface area contributed by atoms with E-state index in [-0.39, 0.29) is 11.9 Å². The lowest BCUT2D eigenvalue weighted by Gasteiger charge is -2.13. The maximum Gasteiger partial charge on any atom is 0.240 e. The number of nitrogens with two attached hydrogens (primary N) is 1. The van der Waals surface area contributed by atoms with Crippen LogP contribution in [0.1, 0.15) is 32.3 Å². The van der Waals surface area contributed by atoms with Crippen molar-refractivity contribution in [2.24, 2.45) is 5.73 Å². The summed E-state index contributed by atoms with van der Waals surface area (Å²) in [4.78, 5) is 12.2. The third kappa shape index (κ3) is 3.85. The largest absolute Gasteiger partial charge is 0.352 e. The first-order valence-electron chi connectivity index (χ1n) is 7.71. The zero-order valence-electron chi connectivity index (χ0n) is 12.9. The summed E-state index contributed by atoms with van der Waals surface area (Å²) in [6, 6.07) is 8.40. The lowest BCUT2D eigenvalue weighted by Crippen LogP contribution is -2.34. The molecule has 1 heterocycles. The Morgan fingerprint density at radius 1 is 1.38 bits per heavy atom. The van der Waals surface area contributed by atoms with Crippen molar-refractivity contribution in [3.05, 3.63) is 36.0 Å². The van der Waals surface area contributed by atoms with Crippen molar-refractivity contribution < 1.29 is 4.79 Å². The summed E-state index contributed by atoms with van der Waals surface area (Å²) >= 11 is 0. The Bertz CT molecular complexity index is 603. The quantitative estimate of drug-likeness (QED) is 0.821. The number of nitrogens with one attached hydrogen (secondary N) is 1. The van der Waals surface area contributed by atoms with Crippen LogP contribution >= 0.6 is 0 Å². The van der Waals surface area contributed by atoms with Crippen molar-refractivity contribution in [1.29, 1.82) is 0 Å². The Balaban J connectivity index is 2.16. The van der Waals surface area contributed by atoms with E-state index >= 15 is 0 Å². The van der Waals surface area contributed by atoms with Gasteiger partial charge in [0.25, 0.3) is 0 Å². The summed E-state index contributed by atoms with van der Waals surface area (Å²) in [5, 5.41) is 4.24. The smallest absolute Gasteiger partial charge is 0.240 e. The molecular formula is C17H25N3O. The van der Waals surface area contributed by atoms with E-state index < -0.39 is 0 Å². The van der Waals surface area contributed by atoms with E-state index in [2.05, 4.69) is 37.5 Å². The van der Waals surface area contributed by atoms with Crippen molar-refractivity contribution >= 4 is 16.8 Å². The highest BCUT2D eigenvalue weighted by atomic mass is 16.2. The zero-order chi connectivity index (χ0) is 15.2. The van der Waals surface area contributed by atoms with Gasteiger partial charge < -0.3 is 15.6 Å². The molecule has 4 heteroatoms. The molecule has 0 saturated heterocycles. The van der Waals surface area contributed by atoms with Crippen LogP contribution < -0.4 is 11.1 Å². The van der Waals surface area contributed by atoms with Crippen LogP contribution in [0.15, 0.2) is 30.5 Å². The number of rotatable bonds is 7. The number of nitrogens with zero attached hydrogens (tertiary/aromatic N) is 1. The molecule has 1 unspecified atom stereocenters. The van der Waals surface area contributed by atoms with Crippen LogP contribution in [-0.2, 0) is 17.8 Å². The SMILES string of the molecule is CCCC(C)NC(=O)Cn1cc(CCN)c2ccccc21. The van der Waals surface area contributed by atoms with E-state index in [9.17, 15) is 4.79 Å². The summed E-state index contributed by atoms with van der Waals surface area (Å²) in [5.41, 5.74) is 7.98.